The van der Waals surface area contributed by atoms with Gasteiger partial charge in [0.05, 0.1) is 0 Å². The van der Waals surface area contributed by atoms with Crippen LogP contribution >= 0.6 is 11.6 Å². The summed E-state index contributed by atoms with van der Waals surface area (Å²) in [6.07, 6.45) is 3.95. The zero-order valence-electron chi connectivity index (χ0n) is 16.5. The molecule has 2 aliphatic heterocycles. The summed E-state index contributed by atoms with van der Waals surface area (Å²) in [7, 11) is 1.82. The second kappa shape index (κ2) is 8.29. The largest absolute Gasteiger partial charge is 0.368 e. The van der Waals surface area contributed by atoms with Crippen LogP contribution in [0.25, 0.3) is 0 Å². The lowest BCUT2D eigenvalue weighted by Gasteiger charge is -2.37. The maximum atomic E-state index is 12.5. The Morgan fingerprint density at radius 3 is 2.64 bits per heavy atom. The molecule has 7 heteroatoms. The van der Waals surface area contributed by atoms with Gasteiger partial charge in [0, 0.05) is 56.8 Å². The summed E-state index contributed by atoms with van der Waals surface area (Å²) in [6, 6.07) is 8.19. The van der Waals surface area contributed by atoms with E-state index < -0.39 is 0 Å². The molecule has 1 aromatic rings. The van der Waals surface area contributed by atoms with Gasteiger partial charge in [-0.1, -0.05) is 23.7 Å². The number of carbonyl (C=O) groups excluding carboxylic acids is 1. The lowest BCUT2D eigenvalue weighted by molar-refractivity contribution is -0.142. The standard InChI is InChI=1S/C21H29ClN4O2/c1-23-20(24-15-21(7-8-21)16-4-2-5-17(22)14-16)26-11-9-25(10-12-26)19(27)18-6-3-13-28-18/h2,4-5,14,18H,3,6-13,15H2,1H3,(H,23,24). The molecule has 0 bridgehead atoms. The highest BCUT2D eigenvalue weighted by molar-refractivity contribution is 6.30. The highest BCUT2D eigenvalue weighted by Gasteiger charge is 2.44. The van der Waals surface area contributed by atoms with Gasteiger partial charge in [0.2, 0.25) is 0 Å². The van der Waals surface area contributed by atoms with Crippen molar-refractivity contribution in [2.45, 2.75) is 37.2 Å². The maximum Gasteiger partial charge on any atom is 0.251 e. The Balaban J connectivity index is 1.30. The number of halogens is 1. The van der Waals surface area contributed by atoms with Crippen LogP contribution in [-0.4, -0.2) is 74.1 Å². The number of hydrogen-bond acceptors (Lipinski definition) is 3. The molecule has 2 saturated heterocycles. The van der Waals surface area contributed by atoms with Gasteiger partial charge in [0.15, 0.2) is 5.96 Å². The van der Waals surface area contributed by atoms with Crippen molar-refractivity contribution in [1.29, 1.82) is 0 Å². The maximum absolute atomic E-state index is 12.5. The monoisotopic (exact) mass is 404 g/mol. The fourth-order valence-electron chi connectivity index (χ4n) is 4.23. The number of aliphatic imine (C=N–C) groups is 1. The average molecular weight is 405 g/mol. The quantitative estimate of drug-likeness (QED) is 0.617. The Morgan fingerprint density at radius 1 is 1.29 bits per heavy atom. The molecule has 3 aliphatic rings. The summed E-state index contributed by atoms with van der Waals surface area (Å²) in [6.45, 7) is 4.60. The third kappa shape index (κ3) is 4.13. The van der Waals surface area contributed by atoms with Gasteiger partial charge in [0.25, 0.3) is 5.91 Å². The lowest BCUT2D eigenvalue weighted by atomic mass is 9.96. The second-order valence-electron chi connectivity index (χ2n) is 8.01. The number of ether oxygens (including phenoxy) is 1. The summed E-state index contributed by atoms with van der Waals surface area (Å²) >= 11 is 6.18. The molecular weight excluding hydrogens is 376 g/mol. The van der Waals surface area contributed by atoms with Gasteiger partial charge in [-0.25, -0.2) is 0 Å². The first-order valence-corrected chi connectivity index (χ1v) is 10.6. The molecule has 0 aromatic heterocycles. The van der Waals surface area contributed by atoms with Crippen LogP contribution in [-0.2, 0) is 14.9 Å². The van der Waals surface area contributed by atoms with Crippen molar-refractivity contribution in [3.05, 3.63) is 34.9 Å². The molecule has 28 heavy (non-hydrogen) atoms. The zero-order chi connectivity index (χ0) is 19.6. The van der Waals surface area contributed by atoms with Gasteiger partial charge in [-0.15, -0.1) is 0 Å². The fourth-order valence-corrected chi connectivity index (χ4v) is 4.42. The minimum Gasteiger partial charge on any atom is -0.368 e. The highest BCUT2D eigenvalue weighted by atomic mass is 35.5. The molecule has 4 rings (SSSR count). The third-order valence-corrected chi connectivity index (χ3v) is 6.42. The molecule has 2 heterocycles. The third-order valence-electron chi connectivity index (χ3n) is 6.18. The first-order valence-electron chi connectivity index (χ1n) is 10.2. The van der Waals surface area contributed by atoms with Crippen molar-refractivity contribution in [3.8, 4) is 0 Å². The number of carbonyl (C=O) groups is 1. The molecule has 1 amide bonds. The van der Waals surface area contributed by atoms with Gasteiger partial charge >= 0.3 is 0 Å². The predicted molar refractivity (Wildman–Crippen MR) is 111 cm³/mol. The summed E-state index contributed by atoms with van der Waals surface area (Å²) in [4.78, 5) is 21.2. The number of guanidine groups is 1. The normalized spacial score (nSPS) is 24.4. The van der Waals surface area contributed by atoms with E-state index in [4.69, 9.17) is 16.3 Å². The van der Waals surface area contributed by atoms with E-state index in [9.17, 15) is 4.79 Å². The van der Waals surface area contributed by atoms with Crippen molar-refractivity contribution >= 4 is 23.5 Å². The SMILES string of the molecule is CN=C(NCC1(c2cccc(Cl)c2)CC1)N1CCN(C(=O)C2CCCO2)CC1. The number of rotatable bonds is 4. The molecule has 1 atom stereocenters. The van der Waals surface area contributed by atoms with Crippen LogP contribution in [0.4, 0.5) is 0 Å². The molecule has 3 fully saturated rings. The smallest absolute Gasteiger partial charge is 0.251 e. The molecule has 1 saturated carbocycles. The number of nitrogens with zero attached hydrogens (tertiary/aromatic N) is 3. The lowest BCUT2D eigenvalue weighted by Crippen LogP contribution is -2.55. The Kier molecular flexibility index (Phi) is 5.78. The Labute approximate surface area is 171 Å². The molecule has 1 N–H and O–H groups in total. The number of hydrogen-bond donors (Lipinski definition) is 1. The van der Waals surface area contributed by atoms with E-state index in [1.165, 1.54) is 18.4 Å². The van der Waals surface area contributed by atoms with Crippen LogP contribution < -0.4 is 5.32 Å². The number of amides is 1. The first-order chi connectivity index (χ1) is 13.6. The van der Waals surface area contributed by atoms with Crippen molar-refractivity contribution in [2.24, 2.45) is 4.99 Å². The predicted octanol–water partition coefficient (Wildman–Crippen LogP) is 2.27. The van der Waals surface area contributed by atoms with Crippen molar-refractivity contribution in [1.82, 2.24) is 15.1 Å². The van der Waals surface area contributed by atoms with E-state index in [0.29, 0.717) is 6.61 Å². The molecular formula is C21H29ClN4O2. The summed E-state index contributed by atoms with van der Waals surface area (Å²) in [5, 5.41) is 4.36. The van der Waals surface area contributed by atoms with Gasteiger partial charge in [0.1, 0.15) is 6.10 Å². The van der Waals surface area contributed by atoms with Crippen molar-refractivity contribution in [2.75, 3.05) is 46.4 Å². The molecule has 1 aromatic carbocycles. The van der Waals surface area contributed by atoms with Crippen LogP contribution in [0.2, 0.25) is 5.02 Å². The summed E-state index contributed by atoms with van der Waals surface area (Å²) in [5.74, 6) is 1.07. The van der Waals surface area contributed by atoms with Crippen LogP contribution in [0.3, 0.4) is 0 Å². The number of nitrogens with one attached hydrogen (secondary N) is 1. The minimum absolute atomic E-state index is 0.151. The van der Waals surface area contributed by atoms with E-state index in [2.05, 4.69) is 27.3 Å². The summed E-state index contributed by atoms with van der Waals surface area (Å²) in [5.41, 5.74) is 1.47. The van der Waals surface area contributed by atoms with Crippen LogP contribution in [0.5, 0.6) is 0 Å². The highest BCUT2D eigenvalue weighted by Crippen LogP contribution is 2.48. The average Bonchev–Trinajstić information content (AvgIpc) is 3.31. The molecule has 0 spiro atoms. The van der Waals surface area contributed by atoms with E-state index in [-0.39, 0.29) is 17.4 Å². The second-order valence-corrected chi connectivity index (χ2v) is 8.44. The minimum atomic E-state index is -0.226. The molecule has 0 radical (unpaired) electrons. The Morgan fingerprint density at radius 2 is 2.04 bits per heavy atom. The molecule has 6 nitrogen and oxygen atoms in total. The van der Waals surface area contributed by atoms with Gasteiger partial charge in [-0.3, -0.25) is 9.79 Å². The van der Waals surface area contributed by atoms with E-state index in [0.717, 1.165) is 56.5 Å². The number of benzene rings is 1. The zero-order valence-corrected chi connectivity index (χ0v) is 17.2. The van der Waals surface area contributed by atoms with Crippen molar-refractivity contribution < 1.29 is 9.53 Å². The Bertz CT molecular complexity index is 736. The van der Waals surface area contributed by atoms with Gasteiger partial charge < -0.3 is 19.9 Å². The molecule has 152 valence electrons. The fraction of sp³-hybridized carbons (Fsp3) is 0.619. The van der Waals surface area contributed by atoms with Crippen LogP contribution in [0, 0.1) is 0 Å². The molecule has 1 aliphatic carbocycles. The van der Waals surface area contributed by atoms with Crippen LogP contribution in [0.1, 0.15) is 31.2 Å². The van der Waals surface area contributed by atoms with Crippen molar-refractivity contribution in [3.63, 3.8) is 0 Å². The topological polar surface area (TPSA) is 57.2 Å². The molecule has 1 unspecified atom stereocenters. The van der Waals surface area contributed by atoms with Gasteiger partial charge in [-0.05, 0) is 43.4 Å². The first kappa shape index (κ1) is 19.5. The summed E-state index contributed by atoms with van der Waals surface area (Å²) < 4.78 is 5.55. The van der Waals surface area contributed by atoms with E-state index >= 15 is 0 Å². The van der Waals surface area contributed by atoms with E-state index in [1.54, 1.807) is 0 Å². The Hall–Kier alpha value is -1.79. The van der Waals surface area contributed by atoms with Crippen LogP contribution in [0.15, 0.2) is 29.3 Å². The van der Waals surface area contributed by atoms with E-state index in [1.807, 2.05) is 24.1 Å². The van der Waals surface area contributed by atoms with Gasteiger partial charge in [-0.2, -0.15) is 0 Å². The number of piperazine rings is 1.